The first kappa shape index (κ1) is 30.2. The van der Waals surface area contributed by atoms with E-state index < -0.39 is 0 Å². The molecule has 2 rings (SSSR count). The molecular formula is C31H46O4. The van der Waals surface area contributed by atoms with E-state index in [9.17, 15) is 20.4 Å². The predicted molar refractivity (Wildman–Crippen MR) is 147 cm³/mol. The smallest absolute Gasteiger partial charge is 0.157 e. The fraction of sp³-hybridized carbons (Fsp3) is 0.484. The summed E-state index contributed by atoms with van der Waals surface area (Å²) in [6.45, 7) is 11.9. The fourth-order valence-electron chi connectivity index (χ4n) is 3.84. The number of unbranched alkanes of at least 4 members (excludes halogenated alkanes) is 7. The van der Waals surface area contributed by atoms with Crippen molar-refractivity contribution in [3.8, 4) is 23.0 Å². The van der Waals surface area contributed by atoms with Crippen molar-refractivity contribution < 1.29 is 20.4 Å². The Kier molecular flexibility index (Phi) is 15.1. The lowest BCUT2D eigenvalue weighted by Crippen LogP contribution is -1.86. The second-order valence-corrected chi connectivity index (χ2v) is 9.74. The molecule has 0 aliphatic carbocycles. The Morgan fingerprint density at radius 2 is 0.857 bits per heavy atom. The van der Waals surface area contributed by atoms with Gasteiger partial charge in [-0.1, -0.05) is 55.4 Å². The van der Waals surface area contributed by atoms with Gasteiger partial charge in [0.2, 0.25) is 0 Å². The first-order valence-corrected chi connectivity index (χ1v) is 13.0. The molecule has 0 spiro atoms. The van der Waals surface area contributed by atoms with E-state index in [0.717, 1.165) is 49.7 Å². The summed E-state index contributed by atoms with van der Waals surface area (Å²) < 4.78 is 0. The maximum Gasteiger partial charge on any atom is 0.157 e. The third kappa shape index (κ3) is 14.9. The summed E-state index contributed by atoms with van der Waals surface area (Å²) in [7, 11) is 0. The number of rotatable bonds is 15. The molecule has 35 heavy (non-hydrogen) atoms. The van der Waals surface area contributed by atoms with Crippen LogP contribution < -0.4 is 0 Å². The Bertz CT molecular complexity index is 901. The van der Waals surface area contributed by atoms with Gasteiger partial charge in [-0.15, -0.1) is 13.2 Å². The maximum atomic E-state index is 9.37. The molecule has 0 bridgehead atoms. The molecule has 0 saturated carbocycles. The largest absolute Gasteiger partial charge is 0.504 e. The van der Waals surface area contributed by atoms with E-state index in [-0.39, 0.29) is 23.0 Å². The minimum atomic E-state index is -0.0461. The molecule has 4 N–H and O–H groups in total. The molecule has 0 radical (unpaired) electrons. The summed E-state index contributed by atoms with van der Waals surface area (Å²) in [5.74, 6) is -0.132. The van der Waals surface area contributed by atoms with Gasteiger partial charge in [-0.2, -0.15) is 0 Å². The van der Waals surface area contributed by atoms with Crippen LogP contribution in [0.2, 0.25) is 0 Å². The van der Waals surface area contributed by atoms with Crippen molar-refractivity contribution in [3.05, 3.63) is 71.8 Å². The van der Waals surface area contributed by atoms with Crippen molar-refractivity contribution in [1.82, 2.24) is 0 Å². The summed E-state index contributed by atoms with van der Waals surface area (Å²) >= 11 is 0. The quantitative estimate of drug-likeness (QED) is 0.116. The third-order valence-electron chi connectivity index (χ3n) is 5.97. The monoisotopic (exact) mass is 482 g/mol. The summed E-state index contributed by atoms with van der Waals surface area (Å²) in [4.78, 5) is 0. The standard InChI is InChI=1S/C16H24O2.C15H22O2/c1-13(2)8-6-4-3-5-7-9-14-10-11-15(17)16(18)12-14;1-12(2)7-5-3-4-6-8-13-9-10-14(16)15(17)11-13/h10-12,17-18H,1,3-9H2,2H3;9-11,16-17H,1,3-8H2,2H3. The number of hydrogen-bond acceptors (Lipinski definition) is 4. The average molecular weight is 483 g/mol. The molecule has 194 valence electrons. The van der Waals surface area contributed by atoms with Crippen LogP contribution in [0.5, 0.6) is 23.0 Å². The van der Waals surface area contributed by atoms with E-state index in [1.165, 1.54) is 56.1 Å². The van der Waals surface area contributed by atoms with Crippen LogP contribution in [0.3, 0.4) is 0 Å². The zero-order valence-electron chi connectivity index (χ0n) is 21.9. The lowest BCUT2D eigenvalue weighted by Gasteiger charge is -2.04. The molecule has 2 aromatic rings. The number of aromatic hydroxyl groups is 4. The molecule has 0 aliphatic heterocycles. The molecule has 0 fully saturated rings. The highest BCUT2D eigenvalue weighted by Crippen LogP contribution is 2.26. The Labute approximate surface area is 212 Å². The minimum absolute atomic E-state index is 0.0195. The Balaban J connectivity index is 0.000000351. The molecule has 0 atom stereocenters. The van der Waals surface area contributed by atoms with Gasteiger partial charge in [-0.3, -0.25) is 0 Å². The molecular weight excluding hydrogens is 436 g/mol. The van der Waals surface area contributed by atoms with E-state index >= 15 is 0 Å². The molecule has 0 aromatic heterocycles. The molecule has 0 heterocycles. The zero-order valence-corrected chi connectivity index (χ0v) is 21.9. The second kappa shape index (κ2) is 17.5. The van der Waals surface area contributed by atoms with E-state index in [4.69, 9.17) is 0 Å². The first-order valence-electron chi connectivity index (χ1n) is 13.0. The minimum Gasteiger partial charge on any atom is -0.504 e. The van der Waals surface area contributed by atoms with E-state index in [1.807, 2.05) is 12.1 Å². The predicted octanol–water partition coefficient (Wildman–Crippen LogP) is 8.72. The van der Waals surface area contributed by atoms with Crippen LogP contribution in [0.1, 0.15) is 95.6 Å². The van der Waals surface area contributed by atoms with Crippen LogP contribution in [0, 0.1) is 0 Å². The summed E-state index contributed by atoms with van der Waals surface area (Å²) in [6.07, 6.45) is 15.1. The van der Waals surface area contributed by atoms with Gasteiger partial charge in [0.15, 0.2) is 23.0 Å². The molecule has 0 unspecified atom stereocenters. The number of allylic oxidation sites excluding steroid dienone is 2. The van der Waals surface area contributed by atoms with Gasteiger partial charge >= 0.3 is 0 Å². The van der Waals surface area contributed by atoms with Crippen LogP contribution >= 0.6 is 0 Å². The van der Waals surface area contributed by atoms with Gasteiger partial charge < -0.3 is 20.4 Å². The Hall–Kier alpha value is -2.88. The lowest BCUT2D eigenvalue weighted by molar-refractivity contribution is 0.403. The molecule has 4 nitrogen and oxygen atoms in total. The number of phenols is 4. The van der Waals surface area contributed by atoms with Crippen LogP contribution in [0.4, 0.5) is 0 Å². The van der Waals surface area contributed by atoms with Crippen molar-refractivity contribution in [2.24, 2.45) is 0 Å². The summed E-state index contributed by atoms with van der Waals surface area (Å²) in [6, 6.07) is 10.1. The highest BCUT2D eigenvalue weighted by Gasteiger charge is 2.01. The van der Waals surface area contributed by atoms with E-state index in [2.05, 4.69) is 27.0 Å². The van der Waals surface area contributed by atoms with Gasteiger partial charge in [-0.25, -0.2) is 0 Å². The van der Waals surface area contributed by atoms with Gasteiger partial charge in [0, 0.05) is 0 Å². The maximum absolute atomic E-state index is 9.37. The highest BCUT2D eigenvalue weighted by atomic mass is 16.3. The van der Waals surface area contributed by atoms with Gasteiger partial charge in [0.05, 0.1) is 0 Å². The number of hydrogen-bond donors (Lipinski definition) is 4. The zero-order chi connectivity index (χ0) is 26.1. The number of aryl methyl sites for hydroxylation is 2. The first-order chi connectivity index (χ1) is 16.7. The molecule has 0 amide bonds. The molecule has 2 aromatic carbocycles. The average Bonchev–Trinajstić information content (AvgIpc) is 2.80. The van der Waals surface area contributed by atoms with Crippen molar-refractivity contribution in [2.75, 3.05) is 0 Å². The van der Waals surface area contributed by atoms with Crippen molar-refractivity contribution in [1.29, 1.82) is 0 Å². The van der Waals surface area contributed by atoms with Gasteiger partial charge in [-0.05, 0) is 101 Å². The number of phenolic OH excluding ortho intramolecular Hbond substituents is 4. The normalized spacial score (nSPS) is 10.5. The Morgan fingerprint density at radius 3 is 1.20 bits per heavy atom. The molecule has 4 heteroatoms. The van der Waals surface area contributed by atoms with Gasteiger partial charge in [0.25, 0.3) is 0 Å². The topological polar surface area (TPSA) is 80.9 Å². The van der Waals surface area contributed by atoms with Crippen LogP contribution in [0.25, 0.3) is 0 Å². The SMILES string of the molecule is C=C(C)CCCCCCCc1ccc(O)c(O)c1.C=C(C)CCCCCCc1ccc(O)c(O)c1. The lowest BCUT2D eigenvalue weighted by atomic mass is 10.0. The van der Waals surface area contributed by atoms with Crippen LogP contribution in [-0.4, -0.2) is 20.4 Å². The third-order valence-corrected chi connectivity index (χ3v) is 5.97. The van der Waals surface area contributed by atoms with Crippen LogP contribution in [0.15, 0.2) is 60.7 Å². The fourth-order valence-corrected chi connectivity index (χ4v) is 3.84. The molecule has 0 saturated heterocycles. The summed E-state index contributed by atoms with van der Waals surface area (Å²) in [5, 5.41) is 37.1. The van der Waals surface area contributed by atoms with Crippen molar-refractivity contribution >= 4 is 0 Å². The van der Waals surface area contributed by atoms with Crippen LogP contribution in [-0.2, 0) is 12.8 Å². The van der Waals surface area contributed by atoms with Crippen molar-refractivity contribution in [2.45, 2.75) is 97.3 Å². The van der Waals surface area contributed by atoms with Crippen molar-refractivity contribution in [3.63, 3.8) is 0 Å². The number of benzene rings is 2. The van der Waals surface area contributed by atoms with Gasteiger partial charge in [0.1, 0.15) is 0 Å². The highest BCUT2D eigenvalue weighted by molar-refractivity contribution is 5.41. The summed E-state index contributed by atoms with van der Waals surface area (Å²) in [5.41, 5.74) is 4.70. The van der Waals surface area contributed by atoms with E-state index in [1.54, 1.807) is 24.3 Å². The second-order valence-electron chi connectivity index (χ2n) is 9.74. The molecule has 0 aliphatic rings. The van der Waals surface area contributed by atoms with E-state index in [0.29, 0.717) is 0 Å². The Morgan fingerprint density at radius 1 is 0.514 bits per heavy atom.